The van der Waals surface area contributed by atoms with Crippen LogP contribution in [0.2, 0.25) is 0 Å². The molecule has 1 heterocycles. The number of benzene rings is 1. The molecule has 0 spiro atoms. The quantitative estimate of drug-likeness (QED) is 0.890. The van der Waals surface area contributed by atoms with E-state index in [1.54, 1.807) is 11.3 Å². The molecule has 0 atom stereocenters. The van der Waals surface area contributed by atoms with Crippen LogP contribution < -0.4 is 5.73 Å². The maximum atomic E-state index is 5.61. The maximum absolute atomic E-state index is 5.61. The fraction of sp³-hybridized carbons (Fsp3) is 0.400. The molecule has 0 aliphatic rings. The van der Waals surface area contributed by atoms with Crippen LogP contribution >= 0.6 is 27.3 Å². The average Bonchev–Trinajstić information content (AvgIpc) is 2.71. The molecule has 1 aromatic heterocycles. The van der Waals surface area contributed by atoms with Crippen LogP contribution in [0, 0.1) is 6.92 Å². The monoisotopic (exact) mass is 338 g/mol. The summed E-state index contributed by atoms with van der Waals surface area (Å²) in [7, 11) is 0. The molecule has 0 saturated heterocycles. The van der Waals surface area contributed by atoms with Crippen molar-refractivity contribution in [3.8, 4) is 10.6 Å². The fourth-order valence-electron chi connectivity index (χ4n) is 1.97. The maximum Gasteiger partial charge on any atom is 0.124 e. The lowest BCUT2D eigenvalue weighted by Gasteiger charge is -2.09. The Balaban J connectivity index is 2.45. The van der Waals surface area contributed by atoms with E-state index < -0.39 is 0 Å². The number of rotatable bonds is 4. The van der Waals surface area contributed by atoms with E-state index >= 15 is 0 Å². The van der Waals surface area contributed by atoms with Gasteiger partial charge in [-0.25, -0.2) is 4.98 Å². The Hall–Kier alpha value is -0.710. The van der Waals surface area contributed by atoms with Crippen LogP contribution in [-0.2, 0) is 6.42 Å². The minimum absolute atomic E-state index is 0.534. The average molecular weight is 339 g/mol. The molecule has 2 aromatic rings. The number of nitrogens with zero attached hydrogens (tertiary/aromatic N) is 1. The number of nitrogens with two attached hydrogens (primary N) is 1. The lowest BCUT2D eigenvalue weighted by atomic mass is 9.98. The molecule has 0 unspecified atom stereocenters. The largest absolute Gasteiger partial charge is 0.330 e. The van der Waals surface area contributed by atoms with Gasteiger partial charge in [0.1, 0.15) is 5.01 Å². The zero-order chi connectivity index (χ0) is 14.0. The molecule has 102 valence electrons. The van der Waals surface area contributed by atoms with Crippen LogP contribution in [0.1, 0.15) is 36.6 Å². The van der Waals surface area contributed by atoms with Crippen molar-refractivity contribution in [3.05, 3.63) is 38.8 Å². The Kier molecular flexibility index (Phi) is 4.76. The first-order valence-corrected chi connectivity index (χ1v) is 8.10. The predicted octanol–water partition coefficient (Wildman–Crippen LogP) is 4.51. The van der Waals surface area contributed by atoms with Gasteiger partial charge in [-0.15, -0.1) is 11.3 Å². The zero-order valence-electron chi connectivity index (χ0n) is 11.5. The van der Waals surface area contributed by atoms with E-state index in [0.717, 1.165) is 20.9 Å². The summed E-state index contributed by atoms with van der Waals surface area (Å²) in [6, 6.07) is 6.65. The predicted molar refractivity (Wildman–Crippen MR) is 86.8 cm³/mol. The van der Waals surface area contributed by atoms with Crippen molar-refractivity contribution >= 4 is 27.3 Å². The lowest BCUT2D eigenvalue weighted by molar-refractivity contribution is 0.866. The van der Waals surface area contributed by atoms with Gasteiger partial charge in [0.05, 0.1) is 9.48 Å². The molecule has 2 nitrogen and oxygen atoms in total. The number of aromatic nitrogens is 1. The van der Waals surface area contributed by atoms with E-state index in [4.69, 9.17) is 10.7 Å². The first kappa shape index (κ1) is 14.7. The van der Waals surface area contributed by atoms with Crippen molar-refractivity contribution < 1.29 is 0 Å². The molecule has 4 heteroatoms. The number of halogens is 1. The summed E-state index contributed by atoms with van der Waals surface area (Å²) in [4.78, 5) is 4.72. The molecule has 19 heavy (non-hydrogen) atoms. The van der Waals surface area contributed by atoms with Crippen LogP contribution in [0.15, 0.2) is 22.0 Å². The minimum Gasteiger partial charge on any atom is -0.330 e. The topological polar surface area (TPSA) is 38.9 Å². The summed E-state index contributed by atoms with van der Waals surface area (Å²) < 4.78 is 1.10. The Morgan fingerprint density at radius 3 is 2.74 bits per heavy atom. The molecule has 0 amide bonds. The van der Waals surface area contributed by atoms with Crippen molar-refractivity contribution in [2.45, 2.75) is 33.1 Å². The SMILES string of the molecule is Cc1ccc(C(C)C)cc1-c1nc(CCN)c(Br)s1. The fourth-order valence-corrected chi connectivity index (χ4v) is 3.64. The van der Waals surface area contributed by atoms with Gasteiger partial charge < -0.3 is 5.73 Å². The molecule has 0 fully saturated rings. The molecular weight excluding hydrogens is 320 g/mol. The Labute approximate surface area is 127 Å². The highest BCUT2D eigenvalue weighted by Gasteiger charge is 2.13. The van der Waals surface area contributed by atoms with E-state index in [1.165, 1.54) is 16.7 Å². The zero-order valence-corrected chi connectivity index (χ0v) is 13.9. The van der Waals surface area contributed by atoms with Crippen molar-refractivity contribution in [1.82, 2.24) is 4.98 Å². The summed E-state index contributed by atoms with van der Waals surface area (Å²) in [5.41, 5.74) is 10.5. The van der Waals surface area contributed by atoms with Crippen LogP contribution in [0.5, 0.6) is 0 Å². The second-order valence-electron chi connectivity index (χ2n) is 5.01. The van der Waals surface area contributed by atoms with Gasteiger partial charge in [-0.3, -0.25) is 0 Å². The van der Waals surface area contributed by atoms with Crippen LogP contribution in [0.25, 0.3) is 10.6 Å². The smallest absolute Gasteiger partial charge is 0.124 e. The second kappa shape index (κ2) is 6.16. The summed E-state index contributed by atoms with van der Waals surface area (Å²) >= 11 is 5.28. The number of hydrogen-bond donors (Lipinski definition) is 1. The van der Waals surface area contributed by atoms with E-state index in [2.05, 4.69) is 54.9 Å². The van der Waals surface area contributed by atoms with Gasteiger partial charge in [0.15, 0.2) is 0 Å². The van der Waals surface area contributed by atoms with Gasteiger partial charge in [0.25, 0.3) is 0 Å². The van der Waals surface area contributed by atoms with E-state index in [9.17, 15) is 0 Å². The minimum atomic E-state index is 0.534. The van der Waals surface area contributed by atoms with Gasteiger partial charge in [-0.05, 0) is 52.5 Å². The number of thiazole rings is 1. The Morgan fingerprint density at radius 2 is 2.11 bits per heavy atom. The normalized spacial score (nSPS) is 11.3. The van der Waals surface area contributed by atoms with Crippen molar-refractivity contribution in [2.75, 3.05) is 6.54 Å². The summed E-state index contributed by atoms with van der Waals surface area (Å²) in [5, 5.41) is 1.08. The second-order valence-corrected chi connectivity index (χ2v) is 7.32. The van der Waals surface area contributed by atoms with Gasteiger partial charge in [-0.2, -0.15) is 0 Å². The Morgan fingerprint density at radius 1 is 1.37 bits per heavy atom. The molecule has 2 N–H and O–H groups in total. The molecule has 2 rings (SSSR count). The molecule has 0 saturated carbocycles. The number of hydrogen-bond acceptors (Lipinski definition) is 3. The van der Waals surface area contributed by atoms with Crippen molar-refractivity contribution in [2.24, 2.45) is 5.73 Å². The molecule has 0 bridgehead atoms. The van der Waals surface area contributed by atoms with Crippen molar-refractivity contribution in [1.29, 1.82) is 0 Å². The van der Waals surface area contributed by atoms with E-state index in [1.807, 2.05) is 0 Å². The van der Waals surface area contributed by atoms with Gasteiger partial charge in [0.2, 0.25) is 0 Å². The lowest BCUT2D eigenvalue weighted by Crippen LogP contribution is -2.03. The van der Waals surface area contributed by atoms with E-state index in [-0.39, 0.29) is 0 Å². The molecule has 0 aliphatic carbocycles. The van der Waals surface area contributed by atoms with Crippen LogP contribution in [0.4, 0.5) is 0 Å². The third kappa shape index (κ3) is 3.25. The summed E-state index contributed by atoms with van der Waals surface area (Å²) in [6.07, 6.45) is 0.819. The first-order chi connectivity index (χ1) is 9.02. The highest BCUT2D eigenvalue weighted by molar-refractivity contribution is 9.11. The van der Waals surface area contributed by atoms with Gasteiger partial charge in [0, 0.05) is 12.0 Å². The molecule has 0 radical (unpaired) electrons. The highest BCUT2D eigenvalue weighted by Crippen LogP contribution is 2.35. The highest BCUT2D eigenvalue weighted by atomic mass is 79.9. The standard InChI is InChI=1S/C15H19BrN2S/c1-9(2)11-5-4-10(3)12(8-11)15-18-13(6-7-17)14(16)19-15/h4-5,8-9H,6-7,17H2,1-3H3. The summed E-state index contributed by atoms with van der Waals surface area (Å²) in [6.45, 7) is 7.20. The molecule has 0 aliphatic heterocycles. The third-order valence-corrected chi connectivity index (χ3v) is 5.05. The van der Waals surface area contributed by atoms with Crippen molar-refractivity contribution in [3.63, 3.8) is 0 Å². The Bertz CT molecular complexity index is 576. The van der Waals surface area contributed by atoms with Gasteiger partial charge in [-0.1, -0.05) is 26.0 Å². The van der Waals surface area contributed by atoms with Gasteiger partial charge >= 0.3 is 0 Å². The first-order valence-electron chi connectivity index (χ1n) is 6.49. The van der Waals surface area contributed by atoms with Crippen LogP contribution in [-0.4, -0.2) is 11.5 Å². The van der Waals surface area contributed by atoms with Crippen LogP contribution in [0.3, 0.4) is 0 Å². The third-order valence-electron chi connectivity index (χ3n) is 3.19. The number of aryl methyl sites for hydroxylation is 1. The molecular formula is C15H19BrN2S. The van der Waals surface area contributed by atoms with E-state index in [0.29, 0.717) is 12.5 Å². The molecule has 1 aromatic carbocycles. The summed E-state index contributed by atoms with van der Waals surface area (Å²) in [5.74, 6) is 0.534.